The fraction of sp³-hybridized carbons (Fsp3) is 0.154. The number of aromatic nitrogens is 1. The molecule has 0 unspecified atom stereocenters. The predicted octanol–water partition coefficient (Wildman–Crippen LogP) is 3.63. The summed E-state index contributed by atoms with van der Waals surface area (Å²) in [4.78, 5) is 3.88. The van der Waals surface area contributed by atoms with Crippen LogP contribution in [0.15, 0.2) is 34.9 Å². The van der Waals surface area contributed by atoms with Crippen molar-refractivity contribution < 1.29 is 13.5 Å². The smallest absolute Gasteiger partial charge is 0.223 e. The predicted molar refractivity (Wildman–Crippen MR) is 71.1 cm³/mol. The molecule has 0 atom stereocenters. The summed E-state index contributed by atoms with van der Waals surface area (Å²) in [5, 5.41) is 2.89. The first-order chi connectivity index (χ1) is 9.10. The van der Waals surface area contributed by atoms with E-state index in [2.05, 4.69) is 26.2 Å². The Kier molecular flexibility index (Phi) is 4.44. The van der Waals surface area contributed by atoms with Crippen molar-refractivity contribution in [2.24, 2.45) is 0 Å². The molecule has 3 nitrogen and oxygen atoms in total. The van der Waals surface area contributed by atoms with Crippen LogP contribution in [0.5, 0.6) is 11.6 Å². The van der Waals surface area contributed by atoms with Crippen molar-refractivity contribution in [3.8, 4) is 11.6 Å². The minimum atomic E-state index is -0.448. The molecular formula is C13H11BrF2N2O. The maximum absolute atomic E-state index is 13.2. The molecule has 0 saturated heterocycles. The Bertz CT molecular complexity index is 593. The van der Waals surface area contributed by atoms with Gasteiger partial charge >= 0.3 is 0 Å². The standard InChI is InChI=1S/C13H11BrF2N2O/c1-17-6-8-4-10(16)7-18-13(8)19-12-5-9(15)2-3-11(12)14/h2-5,7,17H,6H2,1H3. The molecule has 19 heavy (non-hydrogen) atoms. The van der Waals surface area contributed by atoms with E-state index in [-0.39, 0.29) is 11.6 Å². The van der Waals surface area contributed by atoms with E-state index in [9.17, 15) is 8.78 Å². The molecule has 0 spiro atoms. The van der Waals surface area contributed by atoms with Crippen molar-refractivity contribution in [1.29, 1.82) is 0 Å². The minimum absolute atomic E-state index is 0.238. The lowest BCUT2D eigenvalue weighted by atomic mass is 10.2. The number of halogens is 3. The highest BCUT2D eigenvalue weighted by molar-refractivity contribution is 9.10. The lowest BCUT2D eigenvalue weighted by molar-refractivity contribution is 0.443. The van der Waals surface area contributed by atoms with Gasteiger partial charge in [-0.1, -0.05) is 0 Å². The van der Waals surface area contributed by atoms with E-state index in [0.717, 1.165) is 6.20 Å². The zero-order valence-electron chi connectivity index (χ0n) is 10.1. The Morgan fingerprint density at radius 2 is 2.05 bits per heavy atom. The number of ether oxygens (including phenoxy) is 1. The monoisotopic (exact) mass is 328 g/mol. The summed E-state index contributed by atoms with van der Waals surface area (Å²) in [6.07, 6.45) is 1.06. The zero-order chi connectivity index (χ0) is 13.8. The molecule has 0 fully saturated rings. The molecule has 0 radical (unpaired) electrons. The van der Waals surface area contributed by atoms with Gasteiger partial charge in [0.25, 0.3) is 0 Å². The number of nitrogens with zero attached hydrogens (tertiary/aromatic N) is 1. The maximum atomic E-state index is 13.2. The summed E-state index contributed by atoms with van der Waals surface area (Å²) in [6.45, 7) is 0.396. The number of nitrogens with one attached hydrogen (secondary N) is 1. The van der Waals surface area contributed by atoms with Crippen LogP contribution in [0.1, 0.15) is 5.56 Å². The summed E-state index contributed by atoms with van der Waals surface area (Å²) in [5.41, 5.74) is 0.554. The molecular weight excluding hydrogens is 318 g/mol. The quantitative estimate of drug-likeness (QED) is 0.930. The van der Waals surface area contributed by atoms with Crippen LogP contribution in [0, 0.1) is 11.6 Å². The van der Waals surface area contributed by atoms with Crippen molar-refractivity contribution >= 4 is 15.9 Å². The van der Waals surface area contributed by atoms with Gasteiger partial charge in [-0.3, -0.25) is 0 Å². The third kappa shape index (κ3) is 3.48. The third-order valence-electron chi connectivity index (χ3n) is 2.36. The van der Waals surface area contributed by atoms with E-state index in [1.54, 1.807) is 7.05 Å². The number of hydrogen-bond acceptors (Lipinski definition) is 3. The summed E-state index contributed by atoms with van der Waals surface area (Å²) >= 11 is 3.26. The van der Waals surface area contributed by atoms with Crippen LogP contribution in [-0.2, 0) is 6.54 Å². The Labute approximate surface area is 117 Å². The molecule has 0 bridgehead atoms. The van der Waals surface area contributed by atoms with Crippen molar-refractivity contribution in [3.05, 3.63) is 52.1 Å². The summed E-state index contributed by atoms with van der Waals surface area (Å²) in [5.74, 6) is -0.343. The number of pyridine rings is 1. The summed E-state index contributed by atoms with van der Waals surface area (Å²) in [7, 11) is 1.73. The van der Waals surface area contributed by atoms with Gasteiger partial charge in [0.1, 0.15) is 17.4 Å². The highest BCUT2D eigenvalue weighted by Crippen LogP contribution is 2.31. The lowest BCUT2D eigenvalue weighted by Crippen LogP contribution is -2.08. The SMILES string of the molecule is CNCc1cc(F)cnc1Oc1cc(F)ccc1Br. The first kappa shape index (κ1) is 13.9. The van der Waals surface area contributed by atoms with Crippen molar-refractivity contribution in [1.82, 2.24) is 10.3 Å². The van der Waals surface area contributed by atoms with Gasteiger partial charge in [0.05, 0.1) is 10.7 Å². The highest BCUT2D eigenvalue weighted by Gasteiger charge is 2.10. The largest absolute Gasteiger partial charge is 0.437 e. The van der Waals surface area contributed by atoms with Crippen LogP contribution >= 0.6 is 15.9 Å². The van der Waals surface area contributed by atoms with Gasteiger partial charge < -0.3 is 10.1 Å². The van der Waals surface area contributed by atoms with Crippen LogP contribution in [0.3, 0.4) is 0 Å². The van der Waals surface area contributed by atoms with Gasteiger partial charge in [0, 0.05) is 18.2 Å². The molecule has 1 aromatic heterocycles. The fourth-order valence-corrected chi connectivity index (χ4v) is 1.86. The molecule has 100 valence electrons. The van der Waals surface area contributed by atoms with Gasteiger partial charge in [0.2, 0.25) is 5.88 Å². The molecule has 6 heteroatoms. The van der Waals surface area contributed by atoms with Gasteiger partial charge in [-0.15, -0.1) is 0 Å². The molecule has 1 heterocycles. The fourth-order valence-electron chi connectivity index (χ4n) is 1.54. The molecule has 0 aliphatic rings. The van der Waals surface area contributed by atoms with Crippen LogP contribution in [0.25, 0.3) is 0 Å². The van der Waals surface area contributed by atoms with Gasteiger partial charge in [0.15, 0.2) is 0 Å². The number of hydrogen-bond donors (Lipinski definition) is 1. The number of benzene rings is 1. The first-order valence-corrected chi connectivity index (χ1v) is 6.31. The topological polar surface area (TPSA) is 34.2 Å². The van der Waals surface area contributed by atoms with E-state index in [0.29, 0.717) is 16.6 Å². The van der Waals surface area contributed by atoms with Crippen LogP contribution in [-0.4, -0.2) is 12.0 Å². The summed E-state index contributed by atoms with van der Waals surface area (Å²) in [6, 6.07) is 5.40. The maximum Gasteiger partial charge on any atom is 0.223 e. The average molecular weight is 329 g/mol. The van der Waals surface area contributed by atoms with E-state index in [1.165, 1.54) is 24.3 Å². The Morgan fingerprint density at radius 3 is 2.79 bits per heavy atom. The second-order valence-corrected chi connectivity index (χ2v) is 4.68. The molecule has 1 aromatic carbocycles. The van der Waals surface area contributed by atoms with Crippen LogP contribution in [0.2, 0.25) is 0 Å². The first-order valence-electron chi connectivity index (χ1n) is 5.52. The second kappa shape index (κ2) is 6.08. The molecule has 1 N–H and O–H groups in total. The molecule has 0 aliphatic heterocycles. The van der Waals surface area contributed by atoms with Crippen LogP contribution < -0.4 is 10.1 Å². The molecule has 2 rings (SSSR count). The van der Waals surface area contributed by atoms with Crippen molar-refractivity contribution in [3.63, 3.8) is 0 Å². The lowest BCUT2D eigenvalue weighted by Gasteiger charge is -2.11. The average Bonchev–Trinajstić information content (AvgIpc) is 2.37. The second-order valence-electron chi connectivity index (χ2n) is 3.82. The Hall–Kier alpha value is -1.53. The Balaban J connectivity index is 2.34. The van der Waals surface area contributed by atoms with E-state index in [4.69, 9.17) is 4.74 Å². The molecule has 0 saturated carbocycles. The molecule has 2 aromatic rings. The van der Waals surface area contributed by atoms with Gasteiger partial charge in [-0.05, 0) is 41.2 Å². The minimum Gasteiger partial charge on any atom is -0.437 e. The third-order valence-corrected chi connectivity index (χ3v) is 3.01. The van der Waals surface area contributed by atoms with Crippen molar-refractivity contribution in [2.75, 3.05) is 7.05 Å². The van der Waals surface area contributed by atoms with E-state index in [1.807, 2.05) is 0 Å². The van der Waals surface area contributed by atoms with Gasteiger partial charge in [-0.2, -0.15) is 0 Å². The zero-order valence-corrected chi connectivity index (χ0v) is 11.7. The van der Waals surface area contributed by atoms with Crippen LogP contribution in [0.4, 0.5) is 8.78 Å². The Morgan fingerprint density at radius 1 is 1.26 bits per heavy atom. The number of rotatable bonds is 4. The van der Waals surface area contributed by atoms with Crippen molar-refractivity contribution in [2.45, 2.75) is 6.54 Å². The summed E-state index contributed by atoms with van der Waals surface area (Å²) < 4.78 is 32.4. The molecule has 0 amide bonds. The molecule has 0 aliphatic carbocycles. The van der Waals surface area contributed by atoms with E-state index >= 15 is 0 Å². The van der Waals surface area contributed by atoms with Gasteiger partial charge in [-0.25, -0.2) is 13.8 Å². The highest BCUT2D eigenvalue weighted by atomic mass is 79.9. The normalized spacial score (nSPS) is 10.5. The van der Waals surface area contributed by atoms with E-state index < -0.39 is 11.6 Å².